The van der Waals surface area contributed by atoms with E-state index in [1.54, 1.807) is 18.2 Å². The van der Waals surface area contributed by atoms with E-state index in [-0.39, 0.29) is 12.5 Å². The van der Waals surface area contributed by atoms with E-state index >= 15 is 0 Å². The van der Waals surface area contributed by atoms with Crippen LogP contribution in [0.3, 0.4) is 0 Å². The topological polar surface area (TPSA) is 81.4 Å². The number of ether oxygens (including phenoxy) is 1. The van der Waals surface area contributed by atoms with Crippen LogP contribution in [0.15, 0.2) is 57.1 Å². The molecule has 0 fully saturated rings. The minimum absolute atomic E-state index is 0.181. The first-order valence-electron chi connectivity index (χ1n) is 9.39. The van der Waals surface area contributed by atoms with Gasteiger partial charge in [0.25, 0.3) is 5.91 Å². The standard InChI is InChI=1S/C23H20N2O4S/c1-13-4-5-14(2)18(8-13)19-12-30-23(24-19)25-21(26)11-28-16-6-7-17-15(3)9-22(27)29-20(17)10-16/h4-10,12H,11H2,1-3H3,(H,24,25,26). The Morgan fingerprint density at radius 2 is 1.93 bits per heavy atom. The third kappa shape index (κ3) is 4.26. The van der Waals surface area contributed by atoms with Crippen molar-refractivity contribution in [2.45, 2.75) is 20.8 Å². The number of benzene rings is 2. The molecule has 7 heteroatoms. The molecule has 2 heterocycles. The van der Waals surface area contributed by atoms with Crippen LogP contribution in [0.5, 0.6) is 5.75 Å². The minimum Gasteiger partial charge on any atom is -0.484 e. The summed E-state index contributed by atoms with van der Waals surface area (Å²) in [5.41, 5.74) is 5.01. The molecule has 1 amide bonds. The molecule has 4 aromatic rings. The SMILES string of the molecule is Cc1ccc(C)c(-c2csc(NC(=O)COc3ccc4c(C)cc(=O)oc4c3)n2)c1. The van der Waals surface area contributed by atoms with E-state index in [4.69, 9.17) is 9.15 Å². The number of hydrogen-bond donors (Lipinski definition) is 1. The fourth-order valence-corrected chi connectivity index (χ4v) is 3.89. The summed E-state index contributed by atoms with van der Waals surface area (Å²) >= 11 is 1.37. The van der Waals surface area contributed by atoms with E-state index in [1.807, 2.05) is 26.2 Å². The number of aryl methyl sites for hydroxylation is 3. The zero-order chi connectivity index (χ0) is 21.3. The maximum Gasteiger partial charge on any atom is 0.336 e. The lowest BCUT2D eigenvalue weighted by atomic mass is 10.0. The van der Waals surface area contributed by atoms with Gasteiger partial charge in [-0.2, -0.15) is 0 Å². The summed E-state index contributed by atoms with van der Waals surface area (Å²) in [5, 5.41) is 6.02. The Balaban J connectivity index is 1.42. The maximum absolute atomic E-state index is 12.3. The van der Waals surface area contributed by atoms with Gasteiger partial charge < -0.3 is 9.15 Å². The number of carbonyl (C=O) groups excluding carboxylic acids is 1. The fourth-order valence-electron chi connectivity index (χ4n) is 3.17. The van der Waals surface area contributed by atoms with Gasteiger partial charge in [0.2, 0.25) is 0 Å². The van der Waals surface area contributed by atoms with Crippen LogP contribution in [0.25, 0.3) is 22.2 Å². The molecular formula is C23H20N2O4S. The van der Waals surface area contributed by atoms with E-state index in [1.165, 1.54) is 17.4 Å². The first-order valence-corrected chi connectivity index (χ1v) is 10.3. The molecule has 0 spiro atoms. The molecule has 6 nitrogen and oxygen atoms in total. The van der Waals surface area contributed by atoms with Gasteiger partial charge in [0.1, 0.15) is 11.3 Å². The number of fused-ring (bicyclic) bond motifs is 1. The predicted molar refractivity (Wildman–Crippen MR) is 118 cm³/mol. The maximum atomic E-state index is 12.3. The minimum atomic E-state index is -0.418. The molecule has 0 bridgehead atoms. The summed E-state index contributed by atoms with van der Waals surface area (Å²) in [5.74, 6) is 0.129. The van der Waals surface area contributed by atoms with Crippen LogP contribution >= 0.6 is 11.3 Å². The molecule has 0 radical (unpaired) electrons. The second-order valence-corrected chi connectivity index (χ2v) is 7.96. The van der Waals surface area contributed by atoms with E-state index in [9.17, 15) is 9.59 Å². The number of hydrogen-bond acceptors (Lipinski definition) is 6. The van der Waals surface area contributed by atoms with Crippen LogP contribution < -0.4 is 15.7 Å². The first-order chi connectivity index (χ1) is 14.4. The van der Waals surface area contributed by atoms with Crippen molar-refractivity contribution in [1.29, 1.82) is 0 Å². The first kappa shape index (κ1) is 19.8. The Kier molecular flexibility index (Phi) is 5.37. The summed E-state index contributed by atoms with van der Waals surface area (Å²) in [6, 6.07) is 12.8. The van der Waals surface area contributed by atoms with Gasteiger partial charge in [-0.25, -0.2) is 9.78 Å². The highest BCUT2D eigenvalue weighted by molar-refractivity contribution is 7.14. The van der Waals surface area contributed by atoms with Crippen LogP contribution in [-0.4, -0.2) is 17.5 Å². The third-order valence-electron chi connectivity index (χ3n) is 4.71. The van der Waals surface area contributed by atoms with Gasteiger partial charge in [-0.15, -0.1) is 11.3 Å². The molecule has 0 atom stereocenters. The van der Waals surface area contributed by atoms with E-state index in [0.717, 1.165) is 33.3 Å². The number of thiazole rings is 1. The molecule has 4 rings (SSSR count). The number of nitrogens with one attached hydrogen (secondary N) is 1. The number of rotatable bonds is 5. The summed E-state index contributed by atoms with van der Waals surface area (Å²) in [6.07, 6.45) is 0. The van der Waals surface area contributed by atoms with Gasteiger partial charge >= 0.3 is 5.63 Å². The molecule has 2 aromatic carbocycles. The lowest BCUT2D eigenvalue weighted by Gasteiger charge is -2.07. The molecule has 0 aliphatic heterocycles. The van der Waals surface area contributed by atoms with Crippen LogP contribution in [-0.2, 0) is 4.79 Å². The Morgan fingerprint density at radius 1 is 1.10 bits per heavy atom. The second-order valence-electron chi connectivity index (χ2n) is 7.10. The third-order valence-corrected chi connectivity index (χ3v) is 5.47. The highest BCUT2D eigenvalue weighted by Crippen LogP contribution is 2.28. The van der Waals surface area contributed by atoms with Crippen LogP contribution in [0.2, 0.25) is 0 Å². The van der Waals surface area contributed by atoms with Gasteiger partial charge in [0.05, 0.1) is 5.69 Å². The highest BCUT2D eigenvalue weighted by Gasteiger charge is 2.11. The van der Waals surface area contributed by atoms with Gasteiger partial charge in [0, 0.05) is 28.5 Å². The summed E-state index contributed by atoms with van der Waals surface area (Å²) in [4.78, 5) is 28.4. The summed E-state index contributed by atoms with van der Waals surface area (Å²) < 4.78 is 10.8. The molecule has 1 N–H and O–H groups in total. The quantitative estimate of drug-likeness (QED) is 0.466. The normalized spacial score (nSPS) is 10.9. The molecule has 2 aromatic heterocycles. The van der Waals surface area contributed by atoms with Crippen LogP contribution in [0.1, 0.15) is 16.7 Å². The molecule has 30 heavy (non-hydrogen) atoms. The van der Waals surface area contributed by atoms with E-state index in [2.05, 4.69) is 28.5 Å². The second kappa shape index (κ2) is 8.12. The lowest BCUT2D eigenvalue weighted by Crippen LogP contribution is -2.20. The molecule has 0 saturated heterocycles. The van der Waals surface area contributed by atoms with Gasteiger partial charge in [-0.3, -0.25) is 10.1 Å². The van der Waals surface area contributed by atoms with Gasteiger partial charge in [-0.05, 0) is 50.1 Å². The number of carbonyl (C=O) groups is 1. The number of nitrogens with zero attached hydrogens (tertiary/aromatic N) is 1. The van der Waals surface area contributed by atoms with Crippen molar-refractivity contribution >= 4 is 33.3 Å². The fraction of sp³-hybridized carbons (Fsp3) is 0.174. The zero-order valence-electron chi connectivity index (χ0n) is 16.8. The van der Waals surface area contributed by atoms with Crippen LogP contribution in [0, 0.1) is 20.8 Å². The van der Waals surface area contributed by atoms with E-state index in [0.29, 0.717) is 16.5 Å². The number of amides is 1. The average Bonchev–Trinajstić information content (AvgIpc) is 3.16. The Morgan fingerprint density at radius 3 is 2.77 bits per heavy atom. The number of anilines is 1. The van der Waals surface area contributed by atoms with Crippen molar-refractivity contribution in [1.82, 2.24) is 4.98 Å². The van der Waals surface area contributed by atoms with Crippen molar-refractivity contribution in [2.24, 2.45) is 0 Å². The monoisotopic (exact) mass is 420 g/mol. The molecular weight excluding hydrogens is 400 g/mol. The van der Waals surface area contributed by atoms with Crippen molar-refractivity contribution in [3.8, 4) is 17.0 Å². The van der Waals surface area contributed by atoms with Crippen molar-refractivity contribution in [3.05, 3.63) is 75.0 Å². The summed E-state index contributed by atoms with van der Waals surface area (Å²) in [7, 11) is 0. The average molecular weight is 420 g/mol. The molecule has 0 aliphatic carbocycles. The molecule has 152 valence electrons. The Labute approximate surface area is 177 Å². The van der Waals surface area contributed by atoms with Crippen molar-refractivity contribution in [2.75, 3.05) is 11.9 Å². The van der Waals surface area contributed by atoms with Crippen molar-refractivity contribution < 1.29 is 13.9 Å². The van der Waals surface area contributed by atoms with Gasteiger partial charge in [0.15, 0.2) is 11.7 Å². The van der Waals surface area contributed by atoms with E-state index < -0.39 is 5.63 Å². The largest absolute Gasteiger partial charge is 0.484 e. The van der Waals surface area contributed by atoms with Crippen molar-refractivity contribution in [3.63, 3.8) is 0 Å². The Hall–Kier alpha value is -3.45. The lowest BCUT2D eigenvalue weighted by molar-refractivity contribution is -0.118. The number of aromatic nitrogens is 1. The smallest absolute Gasteiger partial charge is 0.336 e. The predicted octanol–water partition coefficient (Wildman–Crippen LogP) is 4.86. The Bertz CT molecular complexity index is 1310. The molecule has 0 saturated carbocycles. The molecule has 0 aliphatic rings. The zero-order valence-corrected chi connectivity index (χ0v) is 17.6. The summed E-state index contributed by atoms with van der Waals surface area (Å²) in [6.45, 7) is 5.73. The van der Waals surface area contributed by atoms with Gasteiger partial charge in [-0.1, -0.05) is 17.7 Å². The molecule has 0 unspecified atom stereocenters. The highest BCUT2D eigenvalue weighted by atomic mass is 32.1. The van der Waals surface area contributed by atoms with Crippen LogP contribution in [0.4, 0.5) is 5.13 Å².